The first kappa shape index (κ1) is 22.1. The number of rotatable bonds is 4. The standard InChI is InChI=1S/C25H29N3O4S/c1-18-9-10-20(17-23(18)33(30,31)28-13-5-2-6-14-28)25(29)27-15-11-19(12-16-27)24-26-21-7-3-4-8-22(21)32-24/h3-4,7-10,17,19H,2,5-6,11-16H2,1H3. The van der Waals surface area contributed by atoms with E-state index in [0.29, 0.717) is 37.3 Å². The van der Waals surface area contributed by atoms with E-state index in [1.165, 1.54) is 0 Å². The fourth-order valence-electron chi connectivity index (χ4n) is 4.83. The Hall–Kier alpha value is -2.71. The normalized spacial score (nSPS) is 18.6. The summed E-state index contributed by atoms with van der Waals surface area (Å²) in [7, 11) is -3.60. The molecule has 3 heterocycles. The maximum absolute atomic E-state index is 13.2. The van der Waals surface area contributed by atoms with Crippen LogP contribution in [0.15, 0.2) is 51.8 Å². The number of aryl methyl sites for hydroxylation is 1. The number of oxazole rings is 1. The van der Waals surface area contributed by atoms with Crippen molar-refractivity contribution in [3.8, 4) is 0 Å². The Bertz CT molecular complexity index is 1240. The van der Waals surface area contributed by atoms with Crippen LogP contribution in [0.2, 0.25) is 0 Å². The number of aromatic nitrogens is 1. The van der Waals surface area contributed by atoms with Crippen LogP contribution >= 0.6 is 0 Å². The predicted octanol–water partition coefficient (Wildman–Crippen LogP) is 4.33. The largest absolute Gasteiger partial charge is 0.440 e. The summed E-state index contributed by atoms with van der Waals surface area (Å²) in [4.78, 5) is 19.9. The molecule has 0 N–H and O–H groups in total. The van der Waals surface area contributed by atoms with E-state index in [0.717, 1.165) is 49.1 Å². The average Bonchev–Trinajstić information content (AvgIpc) is 3.29. The number of carbonyl (C=O) groups is 1. The predicted molar refractivity (Wildman–Crippen MR) is 126 cm³/mol. The maximum Gasteiger partial charge on any atom is 0.253 e. The third kappa shape index (κ3) is 4.29. The molecule has 0 spiro atoms. The first-order chi connectivity index (χ1) is 15.9. The molecule has 5 rings (SSSR count). The molecule has 0 saturated carbocycles. The van der Waals surface area contributed by atoms with E-state index in [1.807, 2.05) is 24.3 Å². The minimum absolute atomic E-state index is 0.124. The number of para-hydroxylation sites is 2. The van der Waals surface area contributed by atoms with Gasteiger partial charge < -0.3 is 9.32 Å². The summed E-state index contributed by atoms with van der Waals surface area (Å²) in [5, 5.41) is 0. The summed E-state index contributed by atoms with van der Waals surface area (Å²) in [6, 6.07) is 12.8. The Morgan fingerprint density at radius 3 is 2.45 bits per heavy atom. The summed E-state index contributed by atoms with van der Waals surface area (Å²) in [6.07, 6.45) is 4.35. The lowest BCUT2D eigenvalue weighted by molar-refractivity contribution is 0.0706. The van der Waals surface area contributed by atoms with Gasteiger partial charge in [0.2, 0.25) is 10.0 Å². The molecular formula is C25H29N3O4S. The fraction of sp³-hybridized carbons (Fsp3) is 0.440. The Kier molecular flexibility index (Phi) is 5.97. The molecule has 0 atom stereocenters. The van der Waals surface area contributed by atoms with Crippen LogP contribution in [0.4, 0.5) is 0 Å². The third-order valence-electron chi connectivity index (χ3n) is 6.81. The number of piperidine rings is 2. The Labute approximate surface area is 194 Å². The maximum atomic E-state index is 13.2. The second-order valence-corrected chi connectivity index (χ2v) is 10.9. The number of likely N-dealkylation sites (tertiary alicyclic amines) is 1. The molecule has 0 radical (unpaired) electrons. The number of hydrogen-bond acceptors (Lipinski definition) is 5. The van der Waals surface area contributed by atoms with Gasteiger partial charge in [0.25, 0.3) is 5.91 Å². The van der Waals surface area contributed by atoms with Crippen molar-refractivity contribution in [3.05, 3.63) is 59.5 Å². The van der Waals surface area contributed by atoms with Gasteiger partial charge in [-0.1, -0.05) is 24.6 Å². The third-order valence-corrected chi connectivity index (χ3v) is 8.85. The summed E-state index contributed by atoms with van der Waals surface area (Å²) >= 11 is 0. The van der Waals surface area contributed by atoms with Crippen LogP contribution in [0, 0.1) is 6.92 Å². The minimum atomic E-state index is -3.60. The van der Waals surface area contributed by atoms with E-state index in [9.17, 15) is 13.2 Å². The van der Waals surface area contributed by atoms with Gasteiger partial charge in [0.05, 0.1) is 4.90 Å². The smallest absolute Gasteiger partial charge is 0.253 e. The van der Waals surface area contributed by atoms with E-state index >= 15 is 0 Å². The van der Waals surface area contributed by atoms with Crippen LogP contribution < -0.4 is 0 Å². The summed E-state index contributed by atoms with van der Waals surface area (Å²) in [6.45, 7) is 4.05. The monoisotopic (exact) mass is 467 g/mol. The molecule has 174 valence electrons. The number of fused-ring (bicyclic) bond motifs is 1. The molecule has 1 amide bonds. The van der Waals surface area contributed by atoms with Gasteiger partial charge in [-0.15, -0.1) is 0 Å². The fourth-order valence-corrected chi connectivity index (χ4v) is 6.60. The molecule has 0 bridgehead atoms. The number of carbonyl (C=O) groups excluding carboxylic acids is 1. The molecule has 2 saturated heterocycles. The van der Waals surface area contributed by atoms with Crippen molar-refractivity contribution in [1.29, 1.82) is 0 Å². The lowest BCUT2D eigenvalue weighted by Crippen LogP contribution is -2.38. The highest BCUT2D eigenvalue weighted by molar-refractivity contribution is 7.89. The molecule has 8 heteroatoms. The van der Waals surface area contributed by atoms with E-state index in [-0.39, 0.29) is 16.7 Å². The van der Waals surface area contributed by atoms with Crippen LogP contribution in [-0.2, 0) is 10.0 Å². The number of benzene rings is 2. The van der Waals surface area contributed by atoms with E-state index in [4.69, 9.17) is 4.42 Å². The van der Waals surface area contributed by atoms with Gasteiger partial charge >= 0.3 is 0 Å². The molecule has 2 aromatic carbocycles. The van der Waals surface area contributed by atoms with Crippen molar-refractivity contribution in [2.45, 2.75) is 49.8 Å². The SMILES string of the molecule is Cc1ccc(C(=O)N2CCC(c3nc4ccccc4o3)CC2)cc1S(=O)(=O)N1CCCCC1. The highest BCUT2D eigenvalue weighted by atomic mass is 32.2. The highest BCUT2D eigenvalue weighted by Gasteiger charge is 2.30. The minimum Gasteiger partial charge on any atom is -0.440 e. The van der Waals surface area contributed by atoms with E-state index in [1.54, 1.807) is 34.3 Å². The molecule has 7 nitrogen and oxygen atoms in total. The van der Waals surface area contributed by atoms with Crippen LogP contribution in [0.5, 0.6) is 0 Å². The second kappa shape index (κ2) is 8.91. The van der Waals surface area contributed by atoms with Gasteiger partial charge in [-0.25, -0.2) is 13.4 Å². The molecule has 1 aromatic heterocycles. The number of sulfonamides is 1. The molecule has 0 aliphatic carbocycles. The van der Waals surface area contributed by atoms with Crippen LogP contribution in [-0.4, -0.2) is 54.7 Å². The van der Waals surface area contributed by atoms with Gasteiger partial charge in [0.1, 0.15) is 5.52 Å². The summed E-state index contributed by atoms with van der Waals surface area (Å²) in [5.41, 5.74) is 2.74. The molecule has 2 fully saturated rings. The quantitative estimate of drug-likeness (QED) is 0.570. The lowest BCUT2D eigenvalue weighted by atomic mass is 9.96. The lowest BCUT2D eigenvalue weighted by Gasteiger charge is -2.31. The summed E-state index contributed by atoms with van der Waals surface area (Å²) < 4.78 is 33.9. The number of nitrogens with zero attached hydrogens (tertiary/aromatic N) is 3. The van der Waals surface area contributed by atoms with Gasteiger partial charge in [-0.3, -0.25) is 4.79 Å². The molecule has 3 aromatic rings. The zero-order chi connectivity index (χ0) is 23.0. The Morgan fingerprint density at radius 2 is 1.73 bits per heavy atom. The number of amides is 1. The zero-order valence-electron chi connectivity index (χ0n) is 18.9. The molecule has 33 heavy (non-hydrogen) atoms. The van der Waals surface area contributed by atoms with Crippen molar-refractivity contribution in [3.63, 3.8) is 0 Å². The first-order valence-corrected chi connectivity index (χ1v) is 13.1. The van der Waals surface area contributed by atoms with Crippen LogP contribution in [0.25, 0.3) is 11.1 Å². The summed E-state index contributed by atoms with van der Waals surface area (Å²) in [5.74, 6) is 0.782. The van der Waals surface area contributed by atoms with Crippen molar-refractivity contribution >= 4 is 27.0 Å². The topological polar surface area (TPSA) is 83.7 Å². The van der Waals surface area contributed by atoms with Crippen LogP contribution in [0.1, 0.15) is 59.8 Å². The van der Waals surface area contributed by atoms with Gasteiger partial charge in [-0.05, 0) is 62.4 Å². The van der Waals surface area contributed by atoms with Gasteiger partial charge in [-0.2, -0.15) is 4.31 Å². The van der Waals surface area contributed by atoms with E-state index in [2.05, 4.69) is 4.98 Å². The Balaban J connectivity index is 1.30. The Morgan fingerprint density at radius 1 is 1.00 bits per heavy atom. The highest BCUT2D eigenvalue weighted by Crippen LogP contribution is 2.31. The zero-order valence-corrected chi connectivity index (χ0v) is 19.7. The van der Waals surface area contributed by atoms with Crippen molar-refractivity contribution in [2.75, 3.05) is 26.2 Å². The van der Waals surface area contributed by atoms with Crippen molar-refractivity contribution in [1.82, 2.24) is 14.2 Å². The average molecular weight is 468 g/mol. The number of hydrogen-bond donors (Lipinski definition) is 0. The second-order valence-electron chi connectivity index (χ2n) is 9.03. The van der Waals surface area contributed by atoms with Crippen molar-refractivity contribution < 1.29 is 17.6 Å². The molecule has 2 aliphatic rings. The van der Waals surface area contributed by atoms with Gasteiger partial charge in [0, 0.05) is 37.7 Å². The molecule has 2 aliphatic heterocycles. The van der Waals surface area contributed by atoms with Gasteiger partial charge in [0.15, 0.2) is 11.5 Å². The molecular weight excluding hydrogens is 438 g/mol. The van der Waals surface area contributed by atoms with Crippen LogP contribution in [0.3, 0.4) is 0 Å². The van der Waals surface area contributed by atoms with E-state index < -0.39 is 10.0 Å². The first-order valence-electron chi connectivity index (χ1n) is 11.7. The molecule has 0 unspecified atom stereocenters. The van der Waals surface area contributed by atoms with Crippen molar-refractivity contribution in [2.24, 2.45) is 0 Å².